The molecule has 0 spiro atoms. The molecule has 0 saturated carbocycles. The largest absolute Gasteiger partial charge is 0.308 e. The molecule has 3 rings (SSSR count). The number of aromatic nitrogens is 3. The van der Waals surface area contributed by atoms with E-state index in [9.17, 15) is 4.79 Å². The highest BCUT2D eigenvalue weighted by molar-refractivity contribution is 5.94. The van der Waals surface area contributed by atoms with Crippen LogP contribution in [-0.4, -0.2) is 39.2 Å². The molecule has 3 aromatic rings. The Morgan fingerprint density at radius 1 is 1.19 bits per heavy atom. The van der Waals surface area contributed by atoms with E-state index >= 15 is 0 Å². The maximum atomic E-state index is 12.9. The van der Waals surface area contributed by atoms with Gasteiger partial charge >= 0.3 is 0 Å². The molecule has 0 bridgehead atoms. The molecule has 0 radical (unpaired) electrons. The molecule has 0 fully saturated rings. The lowest BCUT2D eigenvalue weighted by Crippen LogP contribution is -2.34. The number of likely N-dealkylation sites (N-methyl/N-ethyl adjacent to an activating group) is 1. The van der Waals surface area contributed by atoms with Crippen molar-refractivity contribution >= 4 is 11.7 Å². The normalized spacial score (nSPS) is 12.1. The van der Waals surface area contributed by atoms with Crippen molar-refractivity contribution in [2.75, 3.05) is 18.9 Å². The predicted octanol–water partition coefficient (Wildman–Crippen LogP) is 2.96. The van der Waals surface area contributed by atoms with Crippen LogP contribution in [-0.2, 0) is 11.3 Å². The minimum absolute atomic E-state index is 0.0906. The van der Waals surface area contributed by atoms with Crippen LogP contribution in [0.2, 0.25) is 0 Å². The molecule has 0 aliphatic rings. The van der Waals surface area contributed by atoms with Crippen molar-refractivity contribution < 1.29 is 4.79 Å². The summed E-state index contributed by atoms with van der Waals surface area (Å²) in [6.45, 7) is 3.41. The molecular weight excluding hydrogens is 326 g/mol. The van der Waals surface area contributed by atoms with E-state index in [0.717, 1.165) is 17.7 Å². The first-order valence-electron chi connectivity index (χ1n) is 8.65. The SMILES string of the molecule is CCN(C)C(C(=O)Nc1ccn(Cc2cccnc2)n1)c1ccccc1. The van der Waals surface area contributed by atoms with Crippen molar-refractivity contribution in [1.29, 1.82) is 0 Å². The molecule has 1 unspecified atom stereocenters. The van der Waals surface area contributed by atoms with Crippen LogP contribution in [0, 0.1) is 0 Å². The highest BCUT2D eigenvalue weighted by Gasteiger charge is 2.24. The van der Waals surface area contributed by atoms with Gasteiger partial charge in [-0.3, -0.25) is 19.4 Å². The molecule has 6 nitrogen and oxygen atoms in total. The second kappa shape index (κ2) is 8.40. The number of rotatable bonds is 7. The van der Waals surface area contributed by atoms with Gasteiger partial charge in [0.1, 0.15) is 6.04 Å². The summed E-state index contributed by atoms with van der Waals surface area (Å²) in [5, 5.41) is 7.38. The summed E-state index contributed by atoms with van der Waals surface area (Å²) in [6, 6.07) is 15.1. The van der Waals surface area contributed by atoms with Crippen LogP contribution < -0.4 is 5.32 Å². The van der Waals surface area contributed by atoms with Crippen molar-refractivity contribution in [2.45, 2.75) is 19.5 Å². The fourth-order valence-corrected chi connectivity index (χ4v) is 2.81. The Hall–Kier alpha value is -2.99. The zero-order valence-electron chi connectivity index (χ0n) is 15.0. The third-order valence-corrected chi connectivity index (χ3v) is 4.26. The maximum absolute atomic E-state index is 12.9. The number of amides is 1. The van der Waals surface area contributed by atoms with Crippen LogP contribution in [0.3, 0.4) is 0 Å². The Morgan fingerprint density at radius 2 is 2.00 bits per heavy atom. The number of carbonyl (C=O) groups is 1. The van der Waals surface area contributed by atoms with E-state index in [4.69, 9.17) is 0 Å². The van der Waals surface area contributed by atoms with Crippen LogP contribution in [0.4, 0.5) is 5.82 Å². The molecule has 2 heterocycles. The van der Waals surface area contributed by atoms with Crippen LogP contribution in [0.1, 0.15) is 24.1 Å². The third-order valence-electron chi connectivity index (χ3n) is 4.26. The number of nitrogens with zero attached hydrogens (tertiary/aromatic N) is 4. The van der Waals surface area contributed by atoms with E-state index < -0.39 is 0 Å². The summed E-state index contributed by atoms with van der Waals surface area (Å²) in [6.07, 6.45) is 5.40. The second-order valence-electron chi connectivity index (χ2n) is 6.14. The average Bonchev–Trinajstić information content (AvgIpc) is 3.10. The Bertz CT molecular complexity index is 832. The zero-order valence-corrected chi connectivity index (χ0v) is 15.0. The van der Waals surface area contributed by atoms with Gasteiger partial charge in [-0.15, -0.1) is 0 Å². The van der Waals surface area contributed by atoms with Gasteiger partial charge in [0.05, 0.1) is 6.54 Å². The molecule has 2 aromatic heterocycles. The summed E-state index contributed by atoms with van der Waals surface area (Å²) < 4.78 is 1.79. The van der Waals surface area contributed by atoms with E-state index in [-0.39, 0.29) is 11.9 Å². The standard InChI is InChI=1S/C20H23N5O/c1-3-24(2)19(17-9-5-4-6-10-17)20(26)22-18-11-13-25(23-18)15-16-8-7-12-21-14-16/h4-14,19H,3,15H2,1-2H3,(H,22,23,26). The molecule has 1 amide bonds. The Morgan fingerprint density at radius 3 is 2.69 bits per heavy atom. The minimum atomic E-state index is -0.357. The molecule has 0 saturated heterocycles. The van der Waals surface area contributed by atoms with Gasteiger partial charge in [-0.2, -0.15) is 5.10 Å². The topological polar surface area (TPSA) is 63.1 Å². The molecule has 1 atom stereocenters. The number of hydrogen-bond donors (Lipinski definition) is 1. The van der Waals surface area contributed by atoms with Crippen molar-refractivity contribution in [3.05, 3.63) is 78.2 Å². The lowest BCUT2D eigenvalue weighted by atomic mass is 10.0. The Kier molecular flexibility index (Phi) is 5.76. The minimum Gasteiger partial charge on any atom is -0.308 e. The van der Waals surface area contributed by atoms with E-state index in [1.807, 2.05) is 79.8 Å². The molecular formula is C20H23N5O. The van der Waals surface area contributed by atoms with Gasteiger partial charge in [-0.1, -0.05) is 43.3 Å². The van der Waals surface area contributed by atoms with E-state index in [1.54, 1.807) is 10.9 Å². The maximum Gasteiger partial charge on any atom is 0.247 e. The number of benzene rings is 1. The van der Waals surface area contributed by atoms with Gasteiger partial charge in [0.15, 0.2) is 5.82 Å². The summed E-state index contributed by atoms with van der Waals surface area (Å²) in [4.78, 5) is 19.0. The molecule has 26 heavy (non-hydrogen) atoms. The number of anilines is 1. The summed E-state index contributed by atoms with van der Waals surface area (Å²) in [5.41, 5.74) is 2.02. The van der Waals surface area contributed by atoms with Gasteiger partial charge in [0.25, 0.3) is 0 Å². The highest BCUT2D eigenvalue weighted by Crippen LogP contribution is 2.21. The summed E-state index contributed by atoms with van der Waals surface area (Å²) >= 11 is 0. The first-order chi connectivity index (χ1) is 12.7. The van der Waals surface area contributed by atoms with Crippen LogP contribution >= 0.6 is 0 Å². The lowest BCUT2D eigenvalue weighted by molar-refractivity contribution is -0.121. The number of hydrogen-bond acceptors (Lipinski definition) is 4. The van der Waals surface area contributed by atoms with Gasteiger partial charge < -0.3 is 5.32 Å². The molecule has 1 aromatic carbocycles. The number of nitrogens with one attached hydrogen (secondary N) is 1. The Labute approximate surface area is 153 Å². The van der Waals surface area contributed by atoms with Crippen LogP contribution in [0.25, 0.3) is 0 Å². The Balaban J connectivity index is 1.72. The van der Waals surface area contributed by atoms with Crippen LogP contribution in [0.15, 0.2) is 67.1 Å². The second-order valence-corrected chi connectivity index (χ2v) is 6.14. The molecule has 1 N–H and O–H groups in total. The molecule has 0 aliphatic heterocycles. The van der Waals surface area contributed by atoms with Gasteiger partial charge in [0, 0.05) is 24.7 Å². The van der Waals surface area contributed by atoms with Crippen molar-refractivity contribution in [1.82, 2.24) is 19.7 Å². The summed E-state index contributed by atoms with van der Waals surface area (Å²) in [7, 11) is 1.94. The van der Waals surface area contributed by atoms with Crippen molar-refractivity contribution in [2.24, 2.45) is 0 Å². The summed E-state index contributed by atoms with van der Waals surface area (Å²) in [5.74, 6) is 0.455. The zero-order chi connectivity index (χ0) is 18.4. The monoisotopic (exact) mass is 349 g/mol. The highest BCUT2D eigenvalue weighted by atomic mass is 16.2. The number of carbonyl (C=O) groups excluding carboxylic acids is 1. The van der Waals surface area contributed by atoms with E-state index in [2.05, 4.69) is 15.4 Å². The lowest BCUT2D eigenvalue weighted by Gasteiger charge is -2.25. The van der Waals surface area contributed by atoms with Gasteiger partial charge in [-0.05, 0) is 30.8 Å². The first kappa shape index (κ1) is 17.8. The predicted molar refractivity (Wildman–Crippen MR) is 102 cm³/mol. The molecule has 6 heteroatoms. The first-order valence-corrected chi connectivity index (χ1v) is 8.65. The van der Waals surface area contributed by atoms with E-state index in [1.165, 1.54) is 0 Å². The average molecular weight is 349 g/mol. The van der Waals surface area contributed by atoms with Gasteiger partial charge in [0.2, 0.25) is 5.91 Å². The van der Waals surface area contributed by atoms with Gasteiger partial charge in [-0.25, -0.2) is 0 Å². The fourth-order valence-electron chi connectivity index (χ4n) is 2.81. The third kappa shape index (κ3) is 4.34. The number of pyridine rings is 1. The molecule has 134 valence electrons. The van der Waals surface area contributed by atoms with Crippen LogP contribution in [0.5, 0.6) is 0 Å². The van der Waals surface area contributed by atoms with E-state index in [0.29, 0.717) is 12.4 Å². The van der Waals surface area contributed by atoms with Crippen molar-refractivity contribution in [3.63, 3.8) is 0 Å². The molecule has 0 aliphatic carbocycles. The van der Waals surface area contributed by atoms with Crippen molar-refractivity contribution in [3.8, 4) is 0 Å². The quantitative estimate of drug-likeness (QED) is 0.712. The fraction of sp³-hybridized carbons (Fsp3) is 0.250. The smallest absolute Gasteiger partial charge is 0.247 e.